The first-order valence-corrected chi connectivity index (χ1v) is 3.03. The first kappa shape index (κ1) is 5.29. The minimum atomic E-state index is -0.0255. The molecule has 3 nitrogen and oxygen atoms in total. The van der Waals surface area contributed by atoms with E-state index in [1.165, 1.54) is 10.6 Å². The van der Waals surface area contributed by atoms with E-state index < -0.39 is 0 Å². The van der Waals surface area contributed by atoms with Gasteiger partial charge in [-0.1, -0.05) is 6.07 Å². The topological polar surface area (TPSA) is 37.3 Å². The van der Waals surface area contributed by atoms with Crippen molar-refractivity contribution in [1.82, 2.24) is 9.61 Å². The molecule has 0 fully saturated rings. The third-order valence-corrected chi connectivity index (χ3v) is 1.44. The van der Waals surface area contributed by atoms with Gasteiger partial charge in [0.25, 0.3) is 5.56 Å². The lowest BCUT2D eigenvalue weighted by molar-refractivity contribution is 0.920. The summed E-state index contributed by atoms with van der Waals surface area (Å²) in [6.07, 6.45) is 1.73. The van der Waals surface area contributed by atoms with Crippen LogP contribution in [0.15, 0.2) is 35.3 Å². The van der Waals surface area contributed by atoms with E-state index in [0.29, 0.717) is 0 Å². The quantitative estimate of drug-likeness (QED) is 0.563. The number of fused-ring (bicyclic) bond motifs is 1. The third-order valence-electron chi connectivity index (χ3n) is 1.44. The number of aromatic nitrogens is 2. The van der Waals surface area contributed by atoms with Crippen LogP contribution in [0.4, 0.5) is 0 Å². The lowest BCUT2D eigenvalue weighted by atomic mass is 10.4. The summed E-state index contributed by atoms with van der Waals surface area (Å²) in [5.41, 5.74) is 0.870. The second-order valence-electron chi connectivity index (χ2n) is 2.09. The van der Waals surface area contributed by atoms with Gasteiger partial charge in [-0.2, -0.15) is 0 Å². The summed E-state index contributed by atoms with van der Waals surface area (Å²) < 4.78 is 1.49. The van der Waals surface area contributed by atoms with Gasteiger partial charge in [-0.25, -0.2) is 4.52 Å². The molecular weight excluding hydrogens is 128 g/mol. The molecule has 2 heterocycles. The van der Waals surface area contributed by atoms with Crippen LogP contribution in [-0.2, 0) is 0 Å². The Morgan fingerprint density at radius 2 is 2.20 bits per heavy atom. The summed E-state index contributed by atoms with van der Waals surface area (Å²) >= 11 is 0. The summed E-state index contributed by atoms with van der Waals surface area (Å²) in [5.74, 6) is 0. The van der Waals surface area contributed by atoms with Gasteiger partial charge in [0.15, 0.2) is 0 Å². The van der Waals surface area contributed by atoms with Crippen LogP contribution < -0.4 is 5.56 Å². The number of pyridine rings is 1. The van der Waals surface area contributed by atoms with Crippen molar-refractivity contribution in [3.8, 4) is 0 Å². The van der Waals surface area contributed by atoms with Crippen LogP contribution in [0.25, 0.3) is 5.52 Å². The summed E-state index contributed by atoms with van der Waals surface area (Å²) in [7, 11) is 0. The Morgan fingerprint density at radius 1 is 1.30 bits per heavy atom. The van der Waals surface area contributed by atoms with Gasteiger partial charge in [0.1, 0.15) is 0 Å². The molecule has 0 atom stereocenters. The molecule has 2 aromatic heterocycles. The molecular formula is C7H6N2O. The molecule has 0 aliphatic heterocycles. The SMILES string of the molecule is O=c1cccc2cc[nH]n12. The molecule has 0 aromatic carbocycles. The van der Waals surface area contributed by atoms with Crippen molar-refractivity contribution >= 4 is 5.52 Å². The van der Waals surface area contributed by atoms with Gasteiger partial charge in [0.2, 0.25) is 0 Å². The highest BCUT2D eigenvalue weighted by Gasteiger charge is 1.90. The van der Waals surface area contributed by atoms with E-state index in [9.17, 15) is 4.79 Å². The number of nitrogens with one attached hydrogen (secondary N) is 1. The van der Waals surface area contributed by atoms with Gasteiger partial charge in [-0.05, 0) is 12.1 Å². The van der Waals surface area contributed by atoms with Crippen molar-refractivity contribution in [2.24, 2.45) is 0 Å². The summed E-state index contributed by atoms with van der Waals surface area (Å²) in [4.78, 5) is 11.0. The lowest BCUT2D eigenvalue weighted by Gasteiger charge is -1.87. The first-order chi connectivity index (χ1) is 4.88. The summed E-state index contributed by atoms with van der Waals surface area (Å²) in [6.45, 7) is 0. The number of hydrogen-bond donors (Lipinski definition) is 1. The van der Waals surface area contributed by atoms with E-state index in [0.717, 1.165) is 5.52 Å². The van der Waals surface area contributed by atoms with Crippen LogP contribution in [0.3, 0.4) is 0 Å². The average molecular weight is 134 g/mol. The second-order valence-corrected chi connectivity index (χ2v) is 2.09. The van der Waals surface area contributed by atoms with Crippen LogP contribution in [0.5, 0.6) is 0 Å². The smallest absolute Gasteiger partial charge is 0.269 e. The van der Waals surface area contributed by atoms with Gasteiger partial charge >= 0.3 is 0 Å². The fraction of sp³-hybridized carbons (Fsp3) is 0. The Balaban J connectivity index is 3.09. The van der Waals surface area contributed by atoms with E-state index in [1.54, 1.807) is 12.3 Å². The number of H-pyrrole nitrogens is 1. The zero-order valence-electron chi connectivity index (χ0n) is 5.24. The van der Waals surface area contributed by atoms with Gasteiger partial charge < -0.3 is 0 Å². The molecule has 0 saturated heterocycles. The normalized spacial score (nSPS) is 10.4. The zero-order chi connectivity index (χ0) is 6.97. The molecule has 3 heteroatoms. The first-order valence-electron chi connectivity index (χ1n) is 3.03. The fourth-order valence-corrected chi connectivity index (χ4v) is 0.971. The Morgan fingerprint density at radius 3 is 3.00 bits per heavy atom. The van der Waals surface area contributed by atoms with Gasteiger partial charge in [0.05, 0.1) is 5.52 Å². The molecule has 0 aliphatic carbocycles. The van der Waals surface area contributed by atoms with E-state index >= 15 is 0 Å². The van der Waals surface area contributed by atoms with Crippen molar-refractivity contribution in [3.63, 3.8) is 0 Å². The van der Waals surface area contributed by atoms with Crippen LogP contribution >= 0.6 is 0 Å². The number of nitrogens with zero attached hydrogens (tertiary/aromatic N) is 1. The number of aromatic amines is 1. The van der Waals surface area contributed by atoms with Gasteiger partial charge in [-0.15, -0.1) is 0 Å². The van der Waals surface area contributed by atoms with E-state index in [4.69, 9.17) is 0 Å². The maximum Gasteiger partial charge on any atom is 0.269 e. The molecule has 0 saturated carbocycles. The van der Waals surface area contributed by atoms with Gasteiger partial charge in [-0.3, -0.25) is 9.89 Å². The summed E-state index contributed by atoms with van der Waals surface area (Å²) in [5, 5.41) is 2.79. The van der Waals surface area contributed by atoms with Crippen molar-refractivity contribution in [2.45, 2.75) is 0 Å². The molecule has 0 bridgehead atoms. The van der Waals surface area contributed by atoms with Crippen LogP contribution in [-0.4, -0.2) is 9.61 Å². The van der Waals surface area contributed by atoms with Crippen LogP contribution in [0.1, 0.15) is 0 Å². The molecule has 50 valence electrons. The molecule has 10 heavy (non-hydrogen) atoms. The van der Waals surface area contributed by atoms with E-state index in [1.807, 2.05) is 12.1 Å². The van der Waals surface area contributed by atoms with Crippen molar-refractivity contribution < 1.29 is 0 Å². The van der Waals surface area contributed by atoms with Crippen LogP contribution in [0, 0.1) is 0 Å². The van der Waals surface area contributed by atoms with Gasteiger partial charge in [0, 0.05) is 12.3 Å². The standard InChI is InChI=1S/C7H6N2O/c10-7-3-1-2-6-4-5-8-9(6)7/h1-5,8H. The molecule has 0 unspecified atom stereocenters. The van der Waals surface area contributed by atoms with E-state index in [2.05, 4.69) is 5.10 Å². The minimum Gasteiger partial charge on any atom is -0.298 e. The molecule has 2 aromatic rings. The number of hydrogen-bond acceptors (Lipinski definition) is 1. The lowest BCUT2D eigenvalue weighted by Crippen LogP contribution is -2.10. The predicted octanol–water partition coefficient (Wildman–Crippen LogP) is 0.628. The zero-order valence-corrected chi connectivity index (χ0v) is 5.24. The Hall–Kier alpha value is -1.51. The third kappa shape index (κ3) is 0.572. The van der Waals surface area contributed by atoms with E-state index in [-0.39, 0.29) is 5.56 Å². The Kier molecular flexibility index (Phi) is 0.917. The average Bonchev–Trinajstić information content (AvgIpc) is 2.36. The molecule has 0 amide bonds. The predicted molar refractivity (Wildman–Crippen MR) is 38.0 cm³/mol. The minimum absolute atomic E-state index is 0.0255. The molecule has 0 aliphatic rings. The highest BCUT2D eigenvalue weighted by molar-refractivity contribution is 5.44. The molecule has 1 N–H and O–H groups in total. The molecule has 0 radical (unpaired) electrons. The Bertz CT molecular complexity index is 399. The maximum absolute atomic E-state index is 11.0. The maximum atomic E-state index is 11.0. The second kappa shape index (κ2) is 1.73. The highest BCUT2D eigenvalue weighted by Crippen LogP contribution is 1.94. The summed E-state index contributed by atoms with van der Waals surface area (Å²) in [6, 6.07) is 6.98. The Labute approximate surface area is 56.9 Å². The number of rotatable bonds is 0. The monoisotopic (exact) mass is 134 g/mol. The fourth-order valence-electron chi connectivity index (χ4n) is 0.971. The largest absolute Gasteiger partial charge is 0.298 e. The van der Waals surface area contributed by atoms with Crippen molar-refractivity contribution in [1.29, 1.82) is 0 Å². The van der Waals surface area contributed by atoms with Crippen molar-refractivity contribution in [3.05, 3.63) is 40.8 Å². The van der Waals surface area contributed by atoms with Crippen LogP contribution in [0.2, 0.25) is 0 Å². The molecule has 2 rings (SSSR count). The molecule has 0 spiro atoms. The highest BCUT2D eigenvalue weighted by atomic mass is 16.1. The van der Waals surface area contributed by atoms with Crippen molar-refractivity contribution in [2.75, 3.05) is 0 Å².